The van der Waals surface area contributed by atoms with E-state index in [-0.39, 0.29) is 5.82 Å². The van der Waals surface area contributed by atoms with Gasteiger partial charge >= 0.3 is 5.97 Å². The molecule has 0 aromatic carbocycles. The maximum Gasteiger partial charge on any atom is 0.371 e. The van der Waals surface area contributed by atoms with Crippen molar-refractivity contribution in [1.82, 2.24) is 9.97 Å². The molecule has 1 heterocycles. The average Bonchev–Trinajstić information content (AvgIpc) is 2.37. The van der Waals surface area contributed by atoms with Crippen LogP contribution in [0.4, 0.5) is 0 Å². The maximum absolute atomic E-state index is 10.3. The minimum absolute atomic E-state index is 0.0338. The molecule has 0 amide bonds. The molecule has 0 saturated heterocycles. The molecule has 0 bridgehead atoms. The summed E-state index contributed by atoms with van der Waals surface area (Å²) in [4.78, 5) is 16.5. The lowest BCUT2D eigenvalue weighted by atomic mass is 10.3. The Bertz CT molecular complexity index is 256. The lowest BCUT2D eigenvalue weighted by Gasteiger charge is -1.88. The first-order valence-electron chi connectivity index (χ1n) is 3.21. The molecule has 0 spiro atoms. The number of nitrogens with two attached hydrogens (primary N) is 1. The first kappa shape index (κ1) is 7.74. The summed E-state index contributed by atoms with van der Waals surface area (Å²) in [6, 6.07) is 0. The van der Waals surface area contributed by atoms with Crippen LogP contribution < -0.4 is 5.73 Å². The highest BCUT2D eigenvalue weighted by molar-refractivity contribution is 5.83. The highest BCUT2D eigenvalue weighted by Crippen LogP contribution is 1.96. The SMILES string of the molecule is NCCc1cnc(C(=O)O)[nH]1. The highest BCUT2D eigenvalue weighted by Gasteiger charge is 2.06. The van der Waals surface area contributed by atoms with E-state index in [2.05, 4.69) is 9.97 Å². The number of nitrogens with zero attached hydrogens (tertiary/aromatic N) is 1. The molecule has 5 heteroatoms. The minimum atomic E-state index is -1.05. The largest absolute Gasteiger partial charge is 0.475 e. The van der Waals surface area contributed by atoms with Gasteiger partial charge in [0.05, 0.1) is 0 Å². The number of rotatable bonds is 3. The second kappa shape index (κ2) is 3.16. The second-order valence-electron chi connectivity index (χ2n) is 2.10. The molecule has 0 aliphatic rings. The fraction of sp³-hybridized carbons (Fsp3) is 0.333. The van der Waals surface area contributed by atoms with Crippen LogP contribution in [0.2, 0.25) is 0 Å². The molecule has 0 aliphatic carbocycles. The highest BCUT2D eigenvalue weighted by atomic mass is 16.4. The van der Waals surface area contributed by atoms with Crippen LogP contribution in [0.5, 0.6) is 0 Å². The predicted octanol–water partition coefficient (Wildman–Crippen LogP) is -0.391. The minimum Gasteiger partial charge on any atom is -0.475 e. The maximum atomic E-state index is 10.3. The first-order valence-corrected chi connectivity index (χ1v) is 3.21. The van der Waals surface area contributed by atoms with Crippen LogP contribution in [0.1, 0.15) is 16.3 Å². The van der Waals surface area contributed by atoms with Crippen molar-refractivity contribution in [3.05, 3.63) is 17.7 Å². The summed E-state index contributed by atoms with van der Waals surface area (Å²) in [5.74, 6) is -1.08. The second-order valence-corrected chi connectivity index (χ2v) is 2.10. The van der Waals surface area contributed by atoms with Gasteiger partial charge in [-0.25, -0.2) is 9.78 Å². The fourth-order valence-electron chi connectivity index (χ4n) is 0.750. The Morgan fingerprint density at radius 2 is 2.55 bits per heavy atom. The molecule has 4 N–H and O–H groups in total. The zero-order valence-corrected chi connectivity index (χ0v) is 5.87. The summed E-state index contributed by atoms with van der Waals surface area (Å²) in [5, 5.41) is 8.44. The predicted molar refractivity (Wildman–Crippen MR) is 38.3 cm³/mol. The van der Waals surface area contributed by atoms with E-state index in [1.807, 2.05) is 0 Å². The van der Waals surface area contributed by atoms with Crippen LogP contribution in [0.15, 0.2) is 6.20 Å². The third kappa shape index (κ3) is 1.78. The molecule has 1 rings (SSSR count). The van der Waals surface area contributed by atoms with Gasteiger partial charge in [-0.2, -0.15) is 0 Å². The summed E-state index contributed by atoms with van der Waals surface area (Å²) >= 11 is 0. The Morgan fingerprint density at radius 1 is 1.82 bits per heavy atom. The zero-order valence-electron chi connectivity index (χ0n) is 5.87. The van der Waals surface area contributed by atoms with Gasteiger partial charge in [-0.15, -0.1) is 0 Å². The van der Waals surface area contributed by atoms with Crippen molar-refractivity contribution in [3.63, 3.8) is 0 Å². The summed E-state index contributed by atoms with van der Waals surface area (Å²) in [5.41, 5.74) is 6.01. The third-order valence-electron chi connectivity index (χ3n) is 1.24. The molecule has 0 aliphatic heterocycles. The van der Waals surface area contributed by atoms with Crippen molar-refractivity contribution >= 4 is 5.97 Å². The normalized spacial score (nSPS) is 9.91. The van der Waals surface area contributed by atoms with Gasteiger partial charge in [0.25, 0.3) is 0 Å². The number of hydrogen-bond donors (Lipinski definition) is 3. The van der Waals surface area contributed by atoms with Crippen LogP contribution in [-0.4, -0.2) is 27.6 Å². The summed E-state index contributed by atoms with van der Waals surface area (Å²) in [7, 11) is 0. The lowest BCUT2D eigenvalue weighted by molar-refractivity contribution is 0.0684. The number of hydrogen-bond acceptors (Lipinski definition) is 3. The molecule has 60 valence electrons. The third-order valence-corrected chi connectivity index (χ3v) is 1.24. The van der Waals surface area contributed by atoms with Crippen LogP contribution in [-0.2, 0) is 6.42 Å². The molecule has 5 nitrogen and oxygen atoms in total. The summed E-state index contributed by atoms with van der Waals surface area (Å²) in [6.07, 6.45) is 2.11. The number of carboxylic acids is 1. The van der Waals surface area contributed by atoms with E-state index in [0.29, 0.717) is 13.0 Å². The zero-order chi connectivity index (χ0) is 8.27. The summed E-state index contributed by atoms with van der Waals surface area (Å²) in [6.45, 7) is 0.487. The van der Waals surface area contributed by atoms with Crippen molar-refractivity contribution in [3.8, 4) is 0 Å². The van der Waals surface area contributed by atoms with Crippen LogP contribution in [0, 0.1) is 0 Å². The van der Waals surface area contributed by atoms with Crippen LogP contribution in [0.25, 0.3) is 0 Å². The van der Waals surface area contributed by atoms with Crippen molar-refractivity contribution in [1.29, 1.82) is 0 Å². The topological polar surface area (TPSA) is 92.0 Å². The van der Waals surface area contributed by atoms with E-state index in [0.717, 1.165) is 5.69 Å². The number of carbonyl (C=O) groups is 1. The van der Waals surface area contributed by atoms with E-state index < -0.39 is 5.97 Å². The Labute approximate surface area is 63.3 Å². The summed E-state index contributed by atoms with van der Waals surface area (Å²) < 4.78 is 0. The average molecular weight is 155 g/mol. The molecule has 1 aromatic heterocycles. The molecule has 1 aromatic rings. The monoisotopic (exact) mass is 155 g/mol. The van der Waals surface area contributed by atoms with Gasteiger partial charge in [0, 0.05) is 18.3 Å². The van der Waals surface area contributed by atoms with Crippen molar-refractivity contribution in [2.24, 2.45) is 5.73 Å². The molecule has 0 unspecified atom stereocenters. The number of nitrogens with one attached hydrogen (secondary N) is 1. The van der Waals surface area contributed by atoms with Crippen molar-refractivity contribution in [2.75, 3.05) is 6.54 Å². The van der Waals surface area contributed by atoms with Gasteiger partial charge < -0.3 is 15.8 Å². The van der Waals surface area contributed by atoms with E-state index in [1.165, 1.54) is 6.20 Å². The van der Waals surface area contributed by atoms with Gasteiger partial charge in [0.2, 0.25) is 5.82 Å². The molecule has 11 heavy (non-hydrogen) atoms. The van der Waals surface area contributed by atoms with Crippen LogP contribution in [0.3, 0.4) is 0 Å². The lowest BCUT2D eigenvalue weighted by Crippen LogP contribution is -2.04. The molecule has 0 fully saturated rings. The molecular formula is C6H9N3O2. The van der Waals surface area contributed by atoms with E-state index in [4.69, 9.17) is 10.8 Å². The molecule has 0 radical (unpaired) electrons. The van der Waals surface area contributed by atoms with Gasteiger partial charge in [0.1, 0.15) is 0 Å². The van der Waals surface area contributed by atoms with Crippen LogP contribution >= 0.6 is 0 Å². The molecular weight excluding hydrogens is 146 g/mol. The van der Waals surface area contributed by atoms with Crippen molar-refractivity contribution in [2.45, 2.75) is 6.42 Å². The Morgan fingerprint density at radius 3 is 3.00 bits per heavy atom. The molecule has 0 saturated carbocycles. The van der Waals surface area contributed by atoms with E-state index in [1.54, 1.807) is 0 Å². The van der Waals surface area contributed by atoms with Gasteiger partial charge in [-0.1, -0.05) is 0 Å². The van der Waals surface area contributed by atoms with Gasteiger partial charge in [0.15, 0.2) is 0 Å². The number of H-pyrrole nitrogens is 1. The number of aromatic nitrogens is 2. The smallest absolute Gasteiger partial charge is 0.371 e. The number of aromatic amines is 1. The molecule has 0 atom stereocenters. The van der Waals surface area contributed by atoms with Gasteiger partial charge in [-0.05, 0) is 6.54 Å². The Hall–Kier alpha value is -1.36. The van der Waals surface area contributed by atoms with Gasteiger partial charge in [-0.3, -0.25) is 0 Å². The Kier molecular flexibility index (Phi) is 2.22. The van der Waals surface area contributed by atoms with E-state index in [9.17, 15) is 4.79 Å². The standard InChI is InChI=1S/C6H9N3O2/c7-2-1-4-3-8-5(9-4)6(10)11/h3H,1-2,7H2,(H,8,9)(H,10,11). The number of carboxylic acid groups (broad SMARTS) is 1. The Balaban J connectivity index is 2.73. The van der Waals surface area contributed by atoms with Crippen molar-refractivity contribution < 1.29 is 9.90 Å². The van der Waals surface area contributed by atoms with E-state index >= 15 is 0 Å². The number of imidazole rings is 1. The first-order chi connectivity index (χ1) is 5.24. The fourth-order valence-corrected chi connectivity index (χ4v) is 0.750. The number of aromatic carboxylic acids is 1. The quantitative estimate of drug-likeness (QED) is 0.554.